The summed E-state index contributed by atoms with van der Waals surface area (Å²) in [5, 5.41) is 9.28. The van der Waals surface area contributed by atoms with Crippen LogP contribution in [0.4, 0.5) is 0 Å². The molecule has 0 saturated heterocycles. The van der Waals surface area contributed by atoms with Crippen LogP contribution < -0.4 is 4.74 Å². The van der Waals surface area contributed by atoms with Crippen LogP contribution in [0.25, 0.3) is 0 Å². The molecule has 1 unspecified atom stereocenters. The van der Waals surface area contributed by atoms with Crippen molar-refractivity contribution in [3.63, 3.8) is 0 Å². The number of carboxylic acid groups (broad SMARTS) is 1. The molecule has 1 N–H and O–H groups in total. The van der Waals surface area contributed by atoms with E-state index in [9.17, 15) is 9.90 Å². The van der Waals surface area contributed by atoms with E-state index in [0.717, 1.165) is 16.9 Å². The van der Waals surface area contributed by atoms with Crippen LogP contribution in [0.5, 0.6) is 5.75 Å². The lowest BCUT2D eigenvalue weighted by atomic mass is 9.94. The summed E-state index contributed by atoms with van der Waals surface area (Å²) in [6.45, 7) is 0. The van der Waals surface area contributed by atoms with E-state index in [1.165, 1.54) is 0 Å². The molecule has 1 aromatic heterocycles. The maximum Gasteiger partial charge on any atom is 0.307 e. The Kier molecular flexibility index (Phi) is 4.23. The summed E-state index contributed by atoms with van der Waals surface area (Å²) < 4.78 is 10.0. The summed E-state index contributed by atoms with van der Waals surface area (Å²) in [6, 6.07) is 9.26. The third kappa shape index (κ3) is 3.61. The van der Waals surface area contributed by atoms with Gasteiger partial charge in [0.15, 0.2) is 0 Å². The molecule has 0 aliphatic carbocycles. The van der Waals surface area contributed by atoms with Crippen molar-refractivity contribution < 1.29 is 19.1 Å². The highest BCUT2D eigenvalue weighted by Gasteiger charge is 2.19. The molecule has 100 valence electrons. The molecule has 0 fully saturated rings. The Balaban J connectivity index is 2.05. The van der Waals surface area contributed by atoms with Gasteiger partial charge in [-0.15, -0.1) is 0 Å². The molecular weight excluding hydrogens is 244 g/mol. The molecular formula is C15H16O4. The first-order valence-electron chi connectivity index (χ1n) is 6.06. The van der Waals surface area contributed by atoms with Crippen molar-refractivity contribution in [3.05, 3.63) is 54.0 Å². The van der Waals surface area contributed by atoms with Crippen molar-refractivity contribution in [2.45, 2.75) is 12.8 Å². The minimum atomic E-state index is -0.794. The fourth-order valence-corrected chi connectivity index (χ4v) is 1.99. The van der Waals surface area contributed by atoms with Gasteiger partial charge in [0.2, 0.25) is 0 Å². The van der Waals surface area contributed by atoms with E-state index in [-0.39, 0.29) is 0 Å². The summed E-state index contributed by atoms with van der Waals surface area (Å²) in [6.07, 6.45) is 4.11. The molecule has 0 aliphatic heterocycles. The Labute approximate surface area is 111 Å². The molecule has 19 heavy (non-hydrogen) atoms. The maximum absolute atomic E-state index is 11.3. The van der Waals surface area contributed by atoms with Crippen molar-refractivity contribution in [1.29, 1.82) is 0 Å². The molecule has 4 nitrogen and oxygen atoms in total. The minimum Gasteiger partial charge on any atom is -0.497 e. The number of carbonyl (C=O) groups is 1. The molecule has 0 saturated carbocycles. The highest BCUT2D eigenvalue weighted by atomic mass is 16.5. The van der Waals surface area contributed by atoms with Gasteiger partial charge in [0.05, 0.1) is 25.6 Å². The predicted molar refractivity (Wildman–Crippen MR) is 70.2 cm³/mol. The molecule has 1 atom stereocenters. The Hall–Kier alpha value is -2.23. The third-order valence-corrected chi connectivity index (χ3v) is 3.05. The second kappa shape index (κ2) is 6.09. The lowest BCUT2D eigenvalue weighted by Crippen LogP contribution is -2.18. The summed E-state index contributed by atoms with van der Waals surface area (Å²) in [5.41, 5.74) is 1.89. The summed E-state index contributed by atoms with van der Waals surface area (Å²) in [5.74, 6) is -0.478. The molecule has 0 bridgehead atoms. The van der Waals surface area contributed by atoms with Crippen molar-refractivity contribution in [3.8, 4) is 5.75 Å². The van der Waals surface area contributed by atoms with Crippen LogP contribution in [-0.4, -0.2) is 18.2 Å². The Morgan fingerprint density at radius 2 is 1.89 bits per heavy atom. The van der Waals surface area contributed by atoms with Crippen molar-refractivity contribution in [2.75, 3.05) is 7.11 Å². The zero-order valence-corrected chi connectivity index (χ0v) is 10.7. The number of ether oxygens (including phenoxy) is 1. The molecule has 2 rings (SSSR count). The van der Waals surface area contributed by atoms with Gasteiger partial charge in [-0.25, -0.2) is 0 Å². The van der Waals surface area contributed by atoms with Crippen LogP contribution >= 0.6 is 0 Å². The summed E-state index contributed by atoms with van der Waals surface area (Å²) in [7, 11) is 1.61. The van der Waals surface area contributed by atoms with Gasteiger partial charge in [-0.05, 0) is 42.2 Å². The van der Waals surface area contributed by atoms with E-state index in [1.54, 1.807) is 25.7 Å². The average Bonchev–Trinajstić information content (AvgIpc) is 2.91. The van der Waals surface area contributed by atoms with Gasteiger partial charge in [-0.1, -0.05) is 12.1 Å². The molecule has 4 heteroatoms. The topological polar surface area (TPSA) is 59.7 Å². The van der Waals surface area contributed by atoms with Crippen molar-refractivity contribution >= 4 is 5.97 Å². The second-order valence-electron chi connectivity index (χ2n) is 4.42. The SMILES string of the molecule is COc1ccc(CC(Cc2ccoc2)C(=O)O)cc1. The van der Waals surface area contributed by atoms with Gasteiger partial charge in [0.1, 0.15) is 5.75 Å². The van der Waals surface area contributed by atoms with E-state index >= 15 is 0 Å². The van der Waals surface area contributed by atoms with E-state index < -0.39 is 11.9 Å². The van der Waals surface area contributed by atoms with Gasteiger partial charge in [0.25, 0.3) is 0 Å². The molecule has 0 spiro atoms. The van der Waals surface area contributed by atoms with Gasteiger partial charge in [-0.3, -0.25) is 4.79 Å². The van der Waals surface area contributed by atoms with Gasteiger partial charge in [0, 0.05) is 0 Å². The number of rotatable bonds is 6. The normalized spacial score (nSPS) is 12.1. The van der Waals surface area contributed by atoms with E-state index in [0.29, 0.717) is 12.8 Å². The van der Waals surface area contributed by atoms with E-state index in [2.05, 4.69) is 0 Å². The van der Waals surface area contributed by atoms with Gasteiger partial charge < -0.3 is 14.3 Å². The lowest BCUT2D eigenvalue weighted by molar-refractivity contribution is -0.141. The van der Waals surface area contributed by atoms with Gasteiger partial charge >= 0.3 is 5.97 Å². The van der Waals surface area contributed by atoms with Crippen molar-refractivity contribution in [2.24, 2.45) is 5.92 Å². The fourth-order valence-electron chi connectivity index (χ4n) is 1.99. The standard InChI is InChI=1S/C15H16O4/c1-18-14-4-2-11(3-5-14)8-13(15(16)17)9-12-6-7-19-10-12/h2-7,10,13H,8-9H2,1H3,(H,16,17). The molecule has 1 heterocycles. The lowest BCUT2D eigenvalue weighted by Gasteiger charge is -2.11. The number of methoxy groups -OCH3 is 1. The number of benzene rings is 1. The Morgan fingerprint density at radius 1 is 1.21 bits per heavy atom. The first kappa shape index (κ1) is 13.2. The molecule has 2 aromatic rings. The zero-order valence-electron chi connectivity index (χ0n) is 10.7. The van der Waals surface area contributed by atoms with Crippen LogP contribution in [0.2, 0.25) is 0 Å². The zero-order chi connectivity index (χ0) is 13.7. The Morgan fingerprint density at radius 3 is 2.42 bits per heavy atom. The molecule has 0 amide bonds. The van der Waals surface area contributed by atoms with E-state index in [1.807, 2.05) is 24.3 Å². The highest BCUT2D eigenvalue weighted by Crippen LogP contribution is 2.18. The Bertz CT molecular complexity index is 514. The second-order valence-corrected chi connectivity index (χ2v) is 4.42. The summed E-state index contributed by atoms with van der Waals surface area (Å²) in [4.78, 5) is 11.3. The maximum atomic E-state index is 11.3. The van der Waals surface area contributed by atoms with Gasteiger partial charge in [-0.2, -0.15) is 0 Å². The number of hydrogen-bond donors (Lipinski definition) is 1. The van der Waals surface area contributed by atoms with Crippen LogP contribution in [0.15, 0.2) is 47.3 Å². The number of aliphatic carboxylic acids is 1. The first-order valence-corrected chi connectivity index (χ1v) is 6.06. The molecule has 0 aliphatic rings. The molecule has 1 aromatic carbocycles. The monoisotopic (exact) mass is 260 g/mol. The first-order chi connectivity index (χ1) is 9.19. The summed E-state index contributed by atoms with van der Waals surface area (Å²) >= 11 is 0. The minimum absolute atomic E-state index is 0.453. The highest BCUT2D eigenvalue weighted by molar-refractivity contribution is 5.70. The van der Waals surface area contributed by atoms with Crippen LogP contribution in [0.3, 0.4) is 0 Å². The van der Waals surface area contributed by atoms with Crippen LogP contribution in [0.1, 0.15) is 11.1 Å². The van der Waals surface area contributed by atoms with Crippen LogP contribution in [0, 0.1) is 5.92 Å². The average molecular weight is 260 g/mol. The van der Waals surface area contributed by atoms with E-state index in [4.69, 9.17) is 9.15 Å². The van der Waals surface area contributed by atoms with Crippen LogP contribution in [-0.2, 0) is 17.6 Å². The van der Waals surface area contributed by atoms with Crippen molar-refractivity contribution in [1.82, 2.24) is 0 Å². The quantitative estimate of drug-likeness (QED) is 0.867. The third-order valence-electron chi connectivity index (χ3n) is 3.05. The number of furan rings is 1. The smallest absolute Gasteiger partial charge is 0.307 e. The number of hydrogen-bond acceptors (Lipinski definition) is 3. The molecule has 0 radical (unpaired) electrons. The number of carboxylic acids is 1. The fraction of sp³-hybridized carbons (Fsp3) is 0.267. The predicted octanol–water partition coefficient (Wildman–Crippen LogP) is 2.77. The largest absolute Gasteiger partial charge is 0.497 e.